The summed E-state index contributed by atoms with van der Waals surface area (Å²) < 4.78 is 5.94. The van der Waals surface area contributed by atoms with E-state index in [0.717, 1.165) is 28.1 Å². The number of carbonyl (C=O) groups excluding carboxylic acids is 2. The van der Waals surface area contributed by atoms with Crippen molar-refractivity contribution in [2.45, 2.75) is 39.2 Å². The zero-order valence-electron chi connectivity index (χ0n) is 25.0. The number of hydrogen-bond acceptors (Lipinski definition) is 7. The number of imide groups is 1. The second kappa shape index (κ2) is 13.5. The van der Waals surface area contributed by atoms with Crippen LogP contribution < -0.4 is 15.0 Å². The molecule has 0 saturated carbocycles. The molecule has 9 heteroatoms. The first-order valence-electron chi connectivity index (χ1n) is 14.6. The number of allylic oxidation sites excluding steroid dienone is 2. The highest BCUT2D eigenvalue weighted by Gasteiger charge is 2.54. The van der Waals surface area contributed by atoms with Crippen molar-refractivity contribution in [3.05, 3.63) is 92.6 Å². The lowest BCUT2D eigenvalue weighted by atomic mass is 9.68. The fraction of sp³-hybridized carbons (Fsp3) is 0.314. The number of nitrogens with zero attached hydrogens (tertiary/aromatic N) is 1. The van der Waals surface area contributed by atoms with Gasteiger partial charge in [0.05, 0.1) is 40.9 Å². The maximum atomic E-state index is 13.8. The SMILES string of the molecule is COc1cc(/C=C(\C)CC[C@@H](O)C2=C(C)C[C@H]3C(=O)N(c4ccc(Nc5ccccc5)cc4)C(=O)[C@H]3[C@H]2CO)cc(I)c1O. The molecule has 0 bridgehead atoms. The molecule has 8 nitrogen and oxygen atoms in total. The molecule has 0 unspecified atom stereocenters. The number of hydrogen-bond donors (Lipinski definition) is 4. The summed E-state index contributed by atoms with van der Waals surface area (Å²) in [6.07, 6.45) is 2.45. The van der Waals surface area contributed by atoms with Crippen LogP contribution in [-0.2, 0) is 9.59 Å². The molecule has 1 heterocycles. The molecule has 3 aromatic carbocycles. The number of aliphatic hydroxyl groups excluding tert-OH is 2. The molecule has 1 aliphatic heterocycles. The van der Waals surface area contributed by atoms with E-state index in [9.17, 15) is 24.9 Å². The minimum absolute atomic E-state index is 0.0991. The maximum absolute atomic E-state index is 13.8. The largest absolute Gasteiger partial charge is 0.504 e. The molecule has 0 aromatic heterocycles. The van der Waals surface area contributed by atoms with Gasteiger partial charge < -0.3 is 25.4 Å². The van der Waals surface area contributed by atoms with Crippen molar-refractivity contribution in [3.8, 4) is 11.5 Å². The Labute approximate surface area is 271 Å². The second-order valence-electron chi connectivity index (χ2n) is 11.5. The number of nitrogens with one attached hydrogen (secondary N) is 1. The van der Waals surface area contributed by atoms with Crippen LogP contribution in [-0.4, -0.2) is 47.0 Å². The van der Waals surface area contributed by atoms with Gasteiger partial charge in [-0.25, -0.2) is 0 Å². The third kappa shape index (κ3) is 6.40. The predicted molar refractivity (Wildman–Crippen MR) is 180 cm³/mol. The van der Waals surface area contributed by atoms with Crippen LogP contribution in [0, 0.1) is 21.3 Å². The molecule has 44 heavy (non-hydrogen) atoms. The Morgan fingerprint density at radius 2 is 1.77 bits per heavy atom. The standard InChI is InChI=1S/C35H37IN2O6/c1-20(15-22-17-28(36)33(41)30(18-22)44-3)9-14-29(40)31-21(2)16-26-32(27(31)19-39)35(43)38(34(26)42)25-12-10-24(11-13-25)37-23-7-5-4-6-8-23/h4-8,10-13,15,17-18,26-27,29,32,37,39-41H,9,14,16,19H2,1-3H3/b20-15+/t26-,27+,29-,32-/m1/s1. The number of aliphatic hydroxyl groups is 2. The topological polar surface area (TPSA) is 119 Å². The number of halogens is 1. The van der Waals surface area contributed by atoms with Gasteiger partial charge in [-0.1, -0.05) is 35.4 Å². The van der Waals surface area contributed by atoms with Crippen molar-refractivity contribution in [2.24, 2.45) is 17.8 Å². The average molecular weight is 709 g/mol. The number of phenolic OH excluding ortho intramolecular Hbond substituents is 1. The minimum Gasteiger partial charge on any atom is -0.504 e. The van der Waals surface area contributed by atoms with E-state index < -0.39 is 23.9 Å². The number of rotatable bonds is 10. The van der Waals surface area contributed by atoms with Crippen molar-refractivity contribution in [1.29, 1.82) is 0 Å². The highest BCUT2D eigenvalue weighted by atomic mass is 127. The molecular weight excluding hydrogens is 671 g/mol. The van der Waals surface area contributed by atoms with Crippen LogP contribution in [0.5, 0.6) is 11.5 Å². The zero-order valence-corrected chi connectivity index (χ0v) is 27.1. The van der Waals surface area contributed by atoms with Gasteiger partial charge in [0.25, 0.3) is 0 Å². The Morgan fingerprint density at radius 1 is 1.09 bits per heavy atom. The minimum atomic E-state index is -0.869. The summed E-state index contributed by atoms with van der Waals surface area (Å²) in [6.45, 7) is 3.52. The third-order valence-corrected chi connectivity index (χ3v) is 9.39. The van der Waals surface area contributed by atoms with Crippen molar-refractivity contribution >= 4 is 57.5 Å². The maximum Gasteiger partial charge on any atom is 0.238 e. The van der Waals surface area contributed by atoms with E-state index in [1.54, 1.807) is 18.2 Å². The number of phenols is 1. The van der Waals surface area contributed by atoms with E-state index in [4.69, 9.17) is 4.74 Å². The summed E-state index contributed by atoms with van der Waals surface area (Å²) in [5, 5.41) is 35.3. The van der Waals surface area contributed by atoms with Crippen LogP contribution in [0.3, 0.4) is 0 Å². The lowest BCUT2D eigenvalue weighted by Crippen LogP contribution is -2.38. The molecule has 0 radical (unpaired) electrons. The fourth-order valence-corrected chi connectivity index (χ4v) is 7.09. The molecule has 5 rings (SSSR count). The van der Waals surface area contributed by atoms with Gasteiger partial charge in [0, 0.05) is 17.3 Å². The van der Waals surface area contributed by atoms with E-state index in [-0.39, 0.29) is 24.2 Å². The summed E-state index contributed by atoms with van der Waals surface area (Å²) in [5.41, 5.74) is 5.65. The molecule has 1 aliphatic carbocycles. The zero-order chi connectivity index (χ0) is 31.5. The first-order valence-corrected chi connectivity index (χ1v) is 15.7. The number of ether oxygens (including phenoxy) is 1. The first-order chi connectivity index (χ1) is 21.1. The molecule has 2 aliphatic rings. The Morgan fingerprint density at radius 3 is 2.43 bits per heavy atom. The Kier molecular flexibility index (Phi) is 9.77. The molecule has 2 amide bonds. The third-order valence-electron chi connectivity index (χ3n) is 8.57. The van der Waals surface area contributed by atoms with Crippen molar-refractivity contribution in [1.82, 2.24) is 0 Å². The van der Waals surface area contributed by atoms with Gasteiger partial charge in [-0.05, 0) is 115 Å². The van der Waals surface area contributed by atoms with Gasteiger partial charge in [-0.3, -0.25) is 14.5 Å². The Hall–Kier alpha value is -3.67. The van der Waals surface area contributed by atoms with E-state index in [0.29, 0.717) is 39.8 Å². The van der Waals surface area contributed by atoms with Gasteiger partial charge in [0.2, 0.25) is 11.8 Å². The van der Waals surface area contributed by atoms with E-state index in [1.165, 1.54) is 12.0 Å². The monoisotopic (exact) mass is 708 g/mol. The fourth-order valence-electron chi connectivity index (χ4n) is 6.46. The summed E-state index contributed by atoms with van der Waals surface area (Å²) in [6, 6.07) is 20.5. The van der Waals surface area contributed by atoms with E-state index in [1.807, 2.05) is 68.5 Å². The molecule has 230 valence electrons. The number of carbonyl (C=O) groups is 2. The lowest BCUT2D eigenvalue weighted by molar-refractivity contribution is -0.123. The van der Waals surface area contributed by atoms with Crippen LogP contribution in [0.1, 0.15) is 38.7 Å². The van der Waals surface area contributed by atoms with Crippen LogP contribution in [0.2, 0.25) is 0 Å². The van der Waals surface area contributed by atoms with Crippen LogP contribution in [0.25, 0.3) is 6.08 Å². The van der Waals surface area contributed by atoms with Gasteiger partial charge in [0.1, 0.15) is 0 Å². The highest BCUT2D eigenvalue weighted by molar-refractivity contribution is 14.1. The van der Waals surface area contributed by atoms with Crippen molar-refractivity contribution in [2.75, 3.05) is 23.9 Å². The van der Waals surface area contributed by atoms with Gasteiger partial charge in [0.15, 0.2) is 11.5 Å². The lowest BCUT2D eigenvalue weighted by Gasteiger charge is -2.35. The molecule has 3 aromatic rings. The van der Waals surface area contributed by atoms with Crippen LogP contribution >= 0.6 is 22.6 Å². The predicted octanol–water partition coefficient (Wildman–Crippen LogP) is 6.43. The summed E-state index contributed by atoms with van der Waals surface area (Å²) in [5.74, 6) is -2.07. The van der Waals surface area contributed by atoms with E-state index >= 15 is 0 Å². The number of anilines is 3. The smallest absolute Gasteiger partial charge is 0.238 e. The van der Waals surface area contributed by atoms with Crippen molar-refractivity contribution in [3.63, 3.8) is 0 Å². The molecule has 4 atom stereocenters. The number of amides is 2. The molecule has 4 N–H and O–H groups in total. The summed E-state index contributed by atoms with van der Waals surface area (Å²) in [7, 11) is 1.51. The molecular formula is C35H37IN2O6. The normalized spacial score (nSPS) is 21.0. The Bertz CT molecular complexity index is 1600. The summed E-state index contributed by atoms with van der Waals surface area (Å²) in [4.78, 5) is 28.6. The summed E-state index contributed by atoms with van der Waals surface area (Å²) >= 11 is 2.05. The molecule has 1 fully saturated rings. The molecule has 0 spiro atoms. The van der Waals surface area contributed by atoms with Crippen LogP contribution in [0.4, 0.5) is 17.1 Å². The average Bonchev–Trinajstić information content (AvgIpc) is 3.26. The molecule has 1 saturated heterocycles. The number of methoxy groups -OCH3 is 1. The number of para-hydroxylation sites is 1. The number of fused-ring (bicyclic) bond motifs is 1. The Balaban J connectivity index is 1.30. The number of aromatic hydroxyl groups is 1. The quantitative estimate of drug-likeness (QED) is 0.109. The van der Waals surface area contributed by atoms with Gasteiger partial charge in [-0.15, -0.1) is 0 Å². The van der Waals surface area contributed by atoms with E-state index in [2.05, 4.69) is 27.9 Å². The van der Waals surface area contributed by atoms with Crippen LogP contribution in [0.15, 0.2) is 83.4 Å². The van der Waals surface area contributed by atoms with Gasteiger partial charge >= 0.3 is 0 Å². The van der Waals surface area contributed by atoms with Crippen molar-refractivity contribution < 1.29 is 29.6 Å². The second-order valence-corrected chi connectivity index (χ2v) is 12.7. The van der Waals surface area contributed by atoms with Gasteiger partial charge in [-0.2, -0.15) is 0 Å². The first kappa shape index (κ1) is 31.7. The highest BCUT2D eigenvalue weighted by Crippen LogP contribution is 2.47. The number of benzene rings is 3.